The minimum atomic E-state index is -3.13. The molecule has 18 heavy (non-hydrogen) atoms. The molecule has 0 bridgehead atoms. The number of rotatable bonds is 5. The summed E-state index contributed by atoms with van der Waals surface area (Å²) < 4.78 is 21.9. The lowest BCUT2D eigenvalue weighted by atomic mass is 10.2. The molecule has 3 N–H and O–H groups in total. The fraction of sp³-hybridized carbons (Fsp3) is 0.800. The molecule has 8 heteroatoms. The molecule has 0 aliphatic carbocycles. The number of nitrogens with two attached hydrogens (primary N) is 1. The molecular formula is C10H19N3O4S. The molecule has 1 rings (SSSR count). The summed E-state index contributed by atoms with van der Waals surface area (Å²) in [6, 6.07) is -1.44. The molecule has 1 aliphatic rings. The van der Waals surface area contributed by atoms with Gasteiger partial charge in [-0.25, -0.2) is 8.42 Å². The fourth-order valence-electron chi connectivity index (χ4n) is 1.71. The van der Waals surface area contributed by atoms with Crippen LogP contribution in [0.1, 0.15) is 12.8 Å². The van der Waals surface area contributed by atoms with E-state index in [1.54, 1.807) is 7.05 Å². The Morgan fingerprint density at radius 2 is 2.22 bits per heavy atom. The Morgan fingerprint density at radius 3 is 2.67 bits per heavy atom. The van der Waals surface area contributed by atoms with E-state index in [4.69, 9.17) is 5.73 Å². The van der Waals surface area contributed by atoms with Crippen LogP contribution >= 0.6 is 0 Å². The Bertz CT molecular complexity index is 434. The van der Waals surface area contributed by atoms with Crippen LogP contribution in [0.15, 0.2) is 0 Å². The Morgan fingerprint density at radius 1 is 1.61 bits per heavy atom. The summed E-state index contributed by atoms with van der Waals surface area (Å²) >= 11 is 0. The largest absolute Gasteiger partial charge is 0.344 e. The van der Waals surface area contributed by atoms with Crippen LogP contribution in [0.5, 0.6) is 0 Å². The van der Waals surface area contributed by atoms with Gasteiger partial charge in [0.05, 0.1) is 11.8 Å². The summed E-state index contributed by atoms with van der Waals surface area (Å²) in [6.07, 6.45) is 1.70. The van der Waals surface area contributed by atoms with Crippen LogP contribution in [-0.2, 0) is 19.4 Å². The van der Waals surface area contributed by atoms with Gasteiger partial charge in [-0.3, -0.25) is 9.59 Å². The monoisotopic (exact) mass is 277 g/mol. The number of likely N-dealkylation sites (N-methyl/N-ethyl adjacent to an activating group) is 1. The second kappa shape index (κ2) is 5.66. The van der Waals surface area contributed by atoms with E-state index < -0.39 is 27.8 Å². The summed E-state index contributed by atoms with van der Waals surface area (Å²) in [5.41, 5.74) is 5.58. The van der Waals surface area contributed by atoms with Crippen LogP contribution in [-0.4, -0.2) is 62.8 Å². The Labute approximate surface area is 107 Å². The SMILES string of the molecule is CN1CCC(NC(=O)C(N)CCS(C)(=O)=O)C1=O. The van der Waals surface area contributed by atoms with Crippen LogP contribution in [0.25, 0.3) is 0 Å². The Balaban J connectivity index is 2.43. The molecule has 1 heterocycles. The van der Waals surface area contributed by atoms with E-state index in [1.165, 1.54) is 4.90 Å². The molecule has 1 saturated heterocycles. The van der Waals surface area contributed by atoms with Crippen LogP contribution in [0.3, 0.4) is 0 Å². The van der Waals surface area contributed by atoms with Crippen LogP contribution < -0.4 is 11.1 Å². The van der Waals surface area contributed by atoms with E-state index in [2.05, 4.69) is 5.32 Å². The van der Waals surface area contributed by atoms with Crippen molar-refractivity contribution < 1.29 is 18.0 Å². The van der Waals surface area contributed by atoms with Gasteiger partial charge in [-0.15, -0.1) is 0 Å². The highest BCUT2D eigenvalue weighted by Gasteiger charge is 2.31. The first kappa shape index (κ1) is 14.9. The predicted molar refractivity (Wildman–Crippen MR) is 66.5 cm³/mol. The van der Waals surface area contributed by atoms with Gasteiger partial charge in [0.2, 0.25) is 11.8 Å². The lowest BCUT2D eigenvalue weighted by Crippen LogP contribution is -2.48. The van der Waals surface area contributed by atoms with Gasteiger partial charge in [-0.05, 0) is 12.8 Å². The second-order valence-electron chi connectivity index (χ2n) is 4.63. The molecule has 1 fully saturated rings. The maximum Gasteiger partial charge on any atom is 0.244 e. The maximum atomic E-state index is 11.7. The van der Waals surface area contributed by atoms with Gasteiger partial charge in [-0.2, -0.15) is 0 Å². The van der Waals surface area contributed by atoms with Crippen molar-refractivity contribution in [1.29, 1.82) is 0 Å². The van der Waals surface area contributed by atoms with Crippen LogP contribution in [0.4, 0.5) is 0 Å². The normalized spacial score (nSPS) is 22.1. The standard InChI is InChI=1S/C10H19N3O4S/c1-13-5-3-8(10(13)15)12-9(14)7(11)4-6-18(2,16)17/h7-8H,3-6,11H2,1-2H3,(H,12,14). The smallest absolute Gasteiger partial charge is 0.244 e. The first-order chi connectivity index (χ1) is 8.20. The quantitative estimate of drug-likeness (QED) is 0.609. The van der Waals surface area contributed by atoms with E-state index in [0.717, 1.165) is 6.26 Å². The number of nitrogens with zero attached hydrogens (tertiary/aromatic N) is 1. The third kappa shape index (κ3) is 4.26. The molecule has 0 aromatic carbocycles. The zero-order valence-electron chi connectivity index (χ0n) is 10.5. The average molecular weight is 277 g/mol. The van der Waals surface area contributed by atoms with Crippen molar-refractivity contribution in [2.24, 2.45) is 5.73 Å². The molecule has 0 aromatic heterocycles. The Kier molecular flexibility index (Phi) is 4.69. The Hall–Kier alpha value is -1.15. The fourth-order valence-corrected chi connectivity index (χ4v) is 2.39. The molecule has 104 valence electrons. The van der Waals surface area contributed by atoms with Crippen LogP contribution in [0.2, 0.25) is 0 Å². The highest BCUT2D eigenvalue weighted by Crippen LogP contribution is 2.08. The first-order valence-corrected chi connectivity index (χ1v) is 7.75. The zero-order valence-corrected chi connectivity index (χ0v) is 11.4. The third-order valence-electron chi connectivity index (χ3n) is 2.88. The van der Waals surface area contributed by atoms with E-state index in [1.807, 2.05) is 0 Å². The number of hydrogen-bond donors (Lipinski definition) is 2. The number of sulfone groups is 1. The summed E-state index contributed by atoms with van der Waals surface area (Å²) in [5.74, 6) is -0.758. The van der Waals surface area contributed by atoms with Gasteiger partial charge >= 0.3 is 0 Å². The van der Waals surface area contributed by atoms with Crippen LogP contribution in [0, 0.1) is 0 Å². The zero-order chi connectivity index (χ0) is 13.9. The molecule has 0 saturated carbocycles. The maximum absolute atomic E-state index is 11.7. The molecule has 0 radical (unpaired) electrons. The topological polar surface area (TPSA) is 110 Å². The average Bonchev–Trinajstić information content (AvgIpc) is 2.56. The molecule has 1 aliphatic heterocycles. The molecule has 0 spiro atoms. The van der Waals surface area contributed by atoms with Gasteiger partial charge in [0.25, 0.3) is 0 Å². The van der Waals surface area contributed by atoms with Crippen molar-refractivity contribution in [2.75, 3.05) is 25.6 Å². The first-order valence-electron chi connectivity index (χ1n) is 5.69. The van der Waals surface area contributed by atoms with Gasteiger partial charge in [0.15, 0.2) is 0 Å². The van der Waals surface area contributed by atoms with Crippen molar-refractivity contribution >= 4 is 21.7 Å². The molecule has 2 unspecified atom stereocenters. The molecule has 7 nitrogen and oxygen atoms in total. The number of carbonyl (C=O) groups excluding carboxylic acids is 2. The number of carbonyl (C=O) groups is 2. The van der Waals surface area contributed by atoms with Crippen molar-refractivity contribution in [3.8, 4) is 0 Å². The number of hydrogen-bond acceptors (Lipinski definition) is 5. The van der Waals surface area contributed by atoms with Crippen molar-refractivity contribution in [1.82, 2.24) is 10.2 Å². The van der Waals surface area contributed by atoms with Gasteiger partial charge in [-0.1, -0.05) is 0 Å². The summed E-state index contributed by atoms with van der Waals surface area (Å²) in [7, 11) is -1.47. The van der Waals surface area contributed by atoms with Gasteiger partial charge in [0, 0.05) is 19.8 Å². The number of likely N-dealkylation sites (tertiary alicyclic amines) is 1. The minimum absolute atomic E-state index is 0.0570. The molecule has 2 amide bonds. The molecule has 0 aromatic rings. The van der Waals surface area contributed by atoms with E-state index in [9.17, 15) is 18.0 Å². The molecule has 2 atom stereocenters. The highest BCUT2D eigenvalue weighted by atomic mass is 32.2. The van der Waals surface area contributed by atoms with Crippen molar-refractivity contribution in [2.45, 2.75) is 24.9 Å². The summed E-state index contributed by atoms with van der Waals surface area (Å²) in [4.78, 5) is 24.8. The summed E-state index contributed by atoms with van der Waals surface area (Å²) in [6.45, 7) is 0.600. The molecular weight excluding hydrogens is 258 g/mol. The summed E-state index contributed by atoms with van der Waals surface area (Å²) in [5, 5.41) is 2.55. The van der Waals surface area contributed by atoms with Gasteiger partial charge < -0.3 is 16.0 Å². The van der Waals surface area contributed by atoms with Crippen molar-refractivity contribution in [3.63, 3.8) is 0 Å². The number of amides is 2. The third-order valence-corrected chi connectivity index (χ3v) is 3.86. The predicted octanol–water partition coefficient (Wildman–Crippen LogP) is -1.90. The van der Waals surface area contributed by atoms with E-state index in [0.29, 0.717) is 13.0 Å². The van der Waals surface area contributed by atoms with E-state index >= 15 is 0 Å². The number of nitrogens with one attached hydrogen (secondary N) is 1. The van der Waals surface area contributed by atoms with E-state index in [-0.39, 0.29) is 18.1 Å². The second-order valence-corrected chi connectivity index (χ2v) is 6.89. The minimum Gasteiger partial charge on any atom is -0.344 e. The highest BCUT2D eigenvalue weighted by molar-refractivity contribution is 7.90. The van der Waals surface area contributed by atoms with Gasteiger partial charge in [0.1, 0.15) is 15.9 Å². The lowest BCUT2D eigenvalue weighted by molar-refractivity contribution is -0.132. The lowest BCUT2D eigenvalue weighted by Gasteiger charge is -2.15. The van der Waals surface area contributed by atoms with Crippen molar-refractivity contribution in [3.05, 3.63) is 0 Å².